The predicted molar refractivity (Wildman–Crippen MR) is 109 cm³/mol. The lowest BCUT2D eigenvalue weighted by Gasteiger charge is -2.07. The fourth-order valence-electron chi connectivity index (χ4n) is 3.08. The first-order chi connectivity index (χ1) is 14.0. The standard InChI is InChI=1S/C24H18O5/c1-15-6-3-4-9-19(15)24(26)28-18-10-11-20-21(14-18)29-22(23(20)25)13-16-7-5-8-17(12-16)27-2/h3-14H,1-2H3. The van der Waals surface area contributed by atoms with Crippen molar-refractivity contribution in [1.82, 2.24) is 0 Å². The Morgan fingerprint density at radius 2 is 1.79 bits per heavy atom. The van der Waals surface area contributed by atoms with Crippen LogP contribution in [0.2, 0.25) is 0 Å². The summed E-state index contributed by atoms with van der Waals surface area (Å²) in [7, 11) is 1.58. The first-order valence-corrected chi connectivity index (χ1v) is 9.05. The van der Waals surface area contributed by atoms with E-state index in [2.05, 4.69) is 0 Å². The molecule has 4 rings (SSSR count). The summed E-state index contributed by atoms with van der Waals surface area (Å²) in [5.41, 5.74) is 2.53. The third kappa shape index (κ3) is 3.75. The van der Waals surface area contributed by atoms with Crippen LogP contribution in [-0.2, 0) is 0 Å². The lowest BCUT2D eigenvalue weighted by atomic mass is 10.1. The monoisotopic (exact) mass is 386 g/mol. The van der Waals surface area contributed by atoms with E-state index in [1.54, 1.807) is 43.5 Å². The van der Waals surface area contributed by atoms with E-state index >= 15 is 0 Å². The number of allylic oxidation sites excluding steroid dienone is 1. The van der Waals surface area contributed by atoms with Gasteiger partial charge >= 0.3 is 5.97 Å². The average Bonchev–Trinajstić information content (AvgIpc) is 3.03. The van der Waals surface area contributed by atoms with Crippen LogP contribution >= 0.6 is 0 Å². The minimum atomic E-state index is -0.459. The summed E-state index contributed by atoms with van der Waals surface area (Å²) in [5, 5.41) is 0. The second-order valence-electron chi connectivity index (χ2n) is 6.58. The van der Waals surface area contributed by atoms with Gasteiger partial charge in [-0.15, -0.1) is 0 Å². The zero-order valence-electron chi connectivity index (χ0n) is 16.0. The molecule has 5 nitrogen and oxygen atoms in total. The number of ether oxygens (including phenoxy) is 3. The Balaban J connectivity index is 1.56. The molecule has 1 heterocycles. The van der Waals surface area contributed by atoms with Gasteiger partial charge in [-0.25, -0.2) is 4.79 Å². The van der Waals surface area contributed by atoms with Crippen molar-refractivity contribution in [3.05, 3.63) is 94.7 Å². The topological polar surface area (TPSA) is 61.8 Å². The van der Waals surface area contributed by atoms with E-state index in [0.29, 0.717) is 28.4 Å². The molecule has 0 N–H and O–H groups in total. The zero-order valence-corrected chi connectivity index (χ0v) is 16.0. The predicted octanol–water partition coefficient (Wildman–Crippen LogP) is 4.84. The Labute approximate surface area is 168 Å². The van der Waals surface area contributed by atoms with Gasteiger partial charge in [-0.3, -0.25) is 4.79 Å². The zero-order chi connectivity index (χ0) is 20.4. The van der Waals surface area contributed by atoms with Crippen molar-refractivity contribution in [2.24, 2.45) is 0 Å². The number of methoxy groups -OCH3 is 1. The van der Waals surface area contributed by atoms with Crippen LogP contribution in [0.5, 0.6) is 17.2 Å². The molecule has 0 amide bonds. The molecular weight excluding hydrogens is 368 g/mol. The molecule has 0 bridgehead atoms. The molecule has 0 aromatic heterocycles. The van der Waals surface area contributed by atoms with Crippen LogP contribution in [0, 0.1) is 6.92 Å². The van der Waals surface area contributed by atoms with Crippen molar-refractivity contribution in [2.45, 2.75) is 6.92 Å². The average molecular weight is 386 g/mol. The summed E-state index contributed by atoms with van der Waals surface area (Å²) in [4.78, 5) is 25.0. The maximum atomic E-state index is 12.6. The number of ketones is 1. The van der Waals surface area contributed by atoms with Gasteiger partial charge in [-0.05, 0) is 54.5 Å². The first-order valence-electron chi connectivity index (χ1n) is 9.05. The fourth-order valence-corrected chi connectivity index (χ4v) is 3.08. The number of carbonyl (C=O) groups is 2. The molecule has 144 valence electrons. The van der Waals surface area contributed by atoms with Gasteiger partial charge in [0.25, 0.3) is 0 Å². The van der Waals surface area contributed by atoms with E-state index < -0.39 is 5.97 Å². The van der Waals surface area contributed by atoms with E-state index in [0.717, 1.165) is 11.1 Å². The number of benzene rings is 3. The summed E-state index contributed by atoms with van der Waals surface area (Å²) in [6, 6.07) is 19.2. The number of rotatable bonds is 4. The van der Waals surface area contributed by atoms with Crippen LogP contribution in [0.15, 0.2) is 72.5 Å². The molecule has 3 aromatic carbocycles. The summed E-state index contributed by atoms with van der Waals surface area (Å²) in [5.74, 6) is 0.883. The van der Waals surface area contributed by atoms with Crippen molar-refractivity contribution < 1.29 is 23.8 Å². The van der Waals surface area contributed by atoms with Crippen molar-refractivity contribution >= 4 is 17.8 Å². The molecule has 29 heavy (non-hydrogen) atoms. The van der Waals surface area contributed by atoms with E-state index in [9.17, 15) is 9.59 Å². The third-order valence-corrected chi connectivity index (χ3v) is 4.61. The minimum Gasteiger partial charge on any atom is -0.497 e. The molecule has 0 unspecified atom stereocenters. The van der Waals surface area contributed by atoms with Crippen molar-refractivity contribution in [1.29, 1.82) is 0 Å². The van der Waals surface area contributed by atoms with Crippen LogP contribution < -0.4 is 14.2 Å². The molecule has 0 atom stereocenters. The number of esters is 1. The van der Waals surface area contributed by atoms with Crippen molar-refractivity contribution in [3.63, 3.8) is 0 Å². The molecule has 0 saturated heterocycles. The third-order valence-electron chi connectivity index (χ3n) is 4.61. The molecule has 0 aliphatic carbocycles. The van der Waals surface area contributed by atoms with Gasteiger partial charge in [0.15, 0.2) is 5.76 Å². The van der Waals surface area contributed by atoms with E-state index in [1.807, 2.05) is 43.3 Å². The Hall–Kier alpha value is -3.86. The largest absolute Gasteiger partial charge is 0.497 e. The molecule has 0 fully saturated rings. The summed E-state index contributed by atoms with van der Waals surface area (Å²) in [6.45, 7) is 1.84. The van der Waals surface area contributed by atoms with Gasteiger partial charge in [0.05, 0.1) is 18.2 Å². The number of Topliss-reactive ketones (excluding diaryl/α,β-unsaturated/α-hetero) is 1. The van der Waals surface area contributed by atoms with Crippen LogP contribution in [0.4, 0.5) is 0 Å². The lowest BCUT2D eigenvalue weighted by molar-refractivity contribution is 0.0733. The molecule has 1 aliphatic rings. The number of aryl methyl sites for hydroxylation is 1. The maximum absolute atomic E-state index is 12.6. The second kappa shape index (κ2) is 7.64. The Kier molecular flexibility index (Phi) is 4.87. The number of hydrogen-bond acceptors (Lipinski definition) is 5. The van der Waals surface area contributed by atoms with Crippen LogP contribution in [0.25, 0.3) is 6.08 Å². The second-order valence-corrected chi connectivity index (χ2v) is 6.58. The van der Waals surface area contributed by atoms with Gasteiger partial charge in [-0.1, -0.05) is 30.3 Å². The minimum absolute atomic E-state index is 0.204. The maximum Gasteiger partial charge on any atom is 0.343 e. The highest BCUT2D eigenvalue weighted by molar-refractivity contribution is 6.14. The highest BCUT2D eigenvalue weighted by Crippen LogP contribution is 2.35. The Bertz CT molecular complexity index is 1140. The normalized spacial score (nSPS) is 13.7. The highest BCUT2D eigenvalue weighted by Gasteiger charge is 2.28. The lowest BCUT2D eigenvalue weighted by Crippen LogP contribution is -2.10. The quantitative estimate of drug-likeness (QED) is 0.365. The first kappa shape index (κ1) is 18.5. The van der Waals surface area contributed by atoms with Crippen LogP contribution in [0.3, 0.4) is 0 Å². The SMILES string of the molecule is COc1cccc(C=C2Oc3cc(OC(=O)c4ccccc4C)ccc3C2=O)c1. The molecule has 0 radical (unpaired) electrons. The van der Waals surface area contributed by atoms with E-state index in [-0.39, 0.29) is 11.5 Å². The van der Waals surface area contributed by atoms with Gasteiger partial charge in [-0.2, -0.15) is 0 Å². The van der Waals surface area contributed by atoms with Gasteiger partial charge in [0.1, 0.15) is 17.2 Å². The summed E-state index contributed by atoms with van der Waals surface area (Å²) >= 11 is 0. The molecule has 1 aliphatic heterocycles. The molecule has 0 saturated carbocycles. The molecule has 3 aromatic rings. The van der Waals surface area contributed by atoms with Gasteiger partial charge in [0.2, 0.25) is 5.78 Å². The van der Waals surface area contributed by atoms with Gasteiger partial charge < -0.3 is 14.2 Å². The summed E-state index contributed by atoms with van der Waals surface area (Å²) < 4.78 is 16.4. The van der Waals surface area contributed by atoms with E-state index in [4.69, 9.17) is 14.2 Å². The Morgan fingerprint density at radius 1 is 0.966 bits per heavy atom. The van der Waals surface area contributed by atoms with Gasteiger partial charge in [0, 0.05) is 6.07 Å². The smallest absolute Gasteiger partial charge is 0.343 e. The molecule has 5 heteroatoms. The molecule has 0 spiro atoms. The van der Waals surface area contributed by atoms with Crippen LogP contribution in [0.1, 0.15) is 31.8 Å². The molecular formula is C24H18O5. The van der Waals surface area contributed by atoms with Crippen molar-refractivity contribution in [2.75, 3.05) is 7.11 Å². The number of carbonyl (C=O) groups excluding carboxylic acids is 2. The van der Waals surface area contributed by atoms with Crippen LogP contribution in [-0.4, -0.2) is 18.9 Å². The van der Waals surface area contributed by atoms with Crippen molar-refractivity contribution in [3.8, 4) is 17.2 Å². The van der Waals surface area contributed by atoms with E-state index in [1.165, 1.54) is 0 Å². The summed E-state index contributed by atoms with van der Waals surface area (Å²) in [6.07, 6.45) is 1.66. The number of fused-ring (bicyclic) bond motifs is 1. The fraction of sp³-hybridized carbons (Fsp3) is 0.0833. The number of hydrogen-bond donors (Lipinski definition) is 0. The highest BCUT2D eigenvalue weighted by atomic mass is 16.5. The Morgan fingerprint density at radius 3 is 2.59 bits per heavy atom.